The highest BCUT2D eigenvalue weighted by atomic mass is 79.9. The average Bonchev–Trinajstić information content (AvgIpc) is 3.11. The lowest BCUT2D eigenvalue weighted by atomic mass is 10.2. The molecule has 0 bridgehead atoms. The number of aliphatic carboxylic acids is 1. The monoisotopic (exact) mass is 311 g/mol. The maximum absolute atomic E-state index is 11.9. The number of rotatable bonds is 4. The summed E-state index contributed by atoms with van der Waals surface area (Å²) in [6.45, 7) is 0.509. The highest BCUT2D eigenvalue weighted by Gasteiger charge is 2.49. The molecule has 96 valence electrons. The lowest BCUT2D eigenvalue weighted by molar-refractivity contribution is -0.141. The van der Waals surface area contributed by atoms with Crippen molar-refractivity contribution >= 4 is 27.8 Å². The lowest BCUT2D eigenvalue weighted by Gasteiger charge is -2.17. The Morgan fingerprint density at radius 3 is 2.44 bits per heavy atom. The van der Waals surface area contributed by atoms with Crippen LogP contribution in [0.2, 0.25) is 0 Å². The molecule has 2 rings (SSSR count). The Labute approximate surface area is 114 Å². The molecule has 5 heteroatoms. The van der Waals surface area contributed by atoms with E-state index in [1.807, 2.05) is 24.3 Å². The molecule has 1 amide bonds. The van der Waals surface area contributed by atoms with Crippen molar-refractivity contribution in [2.75, 3.05) is 7.05 Å². The van der Waals surface area contributed by atoms with E-state index in [0.29, 0.717) is 13.0 Å². The second kappa shape index (κ2) is 5.10. The molecule has 0 saturated heterocycles. The third-order valence-corrected chi connectivity index (χ3v) is 3.66. The third kappa shape index (κ3) is 2.90. The van der Waals surface area contributed by atoms with Crippen molar-refractivity contribution in [2.24, 2.45) is 11.8 Å². The van der Waals surface area contributed by atoms with E-state index in [4.69, 9.17) is 5.11 Å². The largest absolute Gasteiger partial charge is 0.481 e. The average molecular weight is 312 g/mol. The van der Waals surface area contributed by atoms with Crippen molar-refractivity contribution < 1.29 is 14.7 Å². The summed E-state index contributed by atoms with van der Waals surface area (Å²) in [5.41, 5.74) is 1.03. The molecule has 0 aromatic heterocycles. The molecule has 1 aromatic carbocycles. The van der Waals surface area contributed by atoms with Gasteiger partial charge in [0.05, 0.1) is 11.8 Å². The number of carboxylic acid groups (broad SMARTS) is 1. The zero-order valence-electron chi connectivity index (χ0n) is 9.97. The van der Waals surface area contributed by atoms with Gasteiger partial charge < -0.3 is 10.0 Å². The Kier molecular flexibility index (Phi) is 3.71. The molecular formula is C13H14BrNO3. The smallest absolute Gasteiger partial charge is 0.307 e. The van der Waals surface area contributed by atoms with Gasteiger partial charge in [0, 0.05) is 18.1 Å². The Morgan fingerprint density at radius 1 is 1.33 bits per heavy atom. The minimum atomic E-state index is -0.870. The molecular weight excluding hydrogens is 298 g/mol. The molecule has 1 aliphatic rings. The van der Waals surface area contributed by atoms with E-state index in [0.717, 1.165) is 10.0 Å². The van der Waals surface area contributed by atoms with E-state index in [1.165, 1.54) is 0 Å². The highest BCUT2D eigenvalue weighted by Crippen LogP contribution is 2.40. The molecule has 1 saturated carbocycles. The van der Waals surface area contributed by atoms with Gasteiger partial charge in [0.2, 0.25) is 5.91 Å². The molecule has 0 aliphatic heterocycles. The molecule has 0 radical (unpaired) electrons. The maximum Gasteiger partial charge on any atom is 0.307 e. The number of hydrogen-bond donors (Lipinski definition) is 1. The van der Waals surface area contributed by atoms with Crippen LogP contribution in [-0.2, 0) is 16.1 Å². The van der Waals surface area contributed by atoms with Gasteiger partial charge in [0.15, 0.2) is 0 Å². The Morgan fingerprint density at radius 2 is 1.94 bits per heavy atom. The lowest BCUT2D eigenvalue weighted by Crippen LogP contribution is -2.28. The molecule has 1 aromatic rings. The van der Waals surface area contributed by atoms with Gasteiger partial charge in [-0.25, -0.2) is 0 Å². The first-order chi connectivity index (χ1) is 8.49. The van der Waals surface area contributed by atoms with Crippen LogP contribution in [0, 0.1) is 11.8 Å². The third-order valence-electron chi connectivity index (χ3n) is 3.13. The van der Waals surface area contributed by atoms with E-state index in [1.54, 1.807) is 11.9 Å². The molecule has 2 atom stereocenters. The van der Waals surface area contributed by atoms with Crippen LogP contribution in [0.3, 0.4) is 0 Å². The van der Waals surface area contributed by atoms with E-state index in [-0.39, 0.29) is 11.8 Å². The number of benzene rings is 1. The number of hydrogen-bond acceptors (Lipinski definition) is 2. The first kappa shape index (κ1) is 13.1. The number of carboxylic acids is 1. The zero-order chi connectivity index (χ0) is 13.3. The molecule has 0 spiro atoms. The molecule has 1 fully saturated rings. The van der Waals surface area contributed by atoms with Crippen molar-refractivity contribution in [1.82, 2.24) is 4.90 Å². The quantitative estimate of drug-likeness (QED) is 0.926. The summed E-state index contributed by atoms with van der Waals surface area (Å²) < 4.78 is 0.994. The summed E-state index contributed by atoms with van der Waals surface area (Å²) >= 11 is 3.35. The topological polar surface area (TPSA) is 57.6 Å². The minimum absolute atomic E-state index is 0.0784. The molecule has 1 N–H and O–H groups in total. The summed E-state index contributed by atoms with van der Waals surface area (Å²) in [7, 11) is 1.71. The Bertz CT molecular complexity index is 472. The molecule has 0 unspecified atom stereocenters. The number of halogens is 1. The summed E-state index contributed by atoms with van der Waals surface area (Å²) in [5, 5.41) is 8.80. The summed E-state index contributed by atoms with van der Waals surface area (Å²) in [6, 6.07) is 7.72. The first-order valence-electron chi connectivity index (χ1n) is 5.71. The van der Waals surface area contributed by atoms with E-state index in [9.17, 15) is 9.59 Å². The fourth-order valence-electron chi connectivity index (χ4n) is 1.97. The van der Waals surface area contributed by atoms with Gasteiger partial charge in [0.25, 0.3) is 0 Å². The second-order valence-corrected chi connectivity index (χ2v) is 5.52. The van der Waals surface area contributed by atoms with E-state index in [2.05, 4.69) is 15.9 Å². The van der Waals surface area contributed by atoms with Gasteiger partial charge >= 0.3 is 5.97 Å². The van der Waals surface area contributed by atoms with Crippen LogP contribution in [0.15, 0.2) is 28.7 Å². The Hall–Kier alpha value is -1.36. The predicted octanol–water partition coefficient (Wildman–Crippen LogP) is 2.13. The summed E-state index contributed by atoms with van der Waals surface area (Å²) in [4.78, 5) is 24.3. The van der Waals surface area contributed by atoms with Gasteiger partial charge in [0.1, 0.15) is 0 Å². The van der Waals surface area contributed by atoms with E-state index >= 15 is 0 Å². The van der Waals surface area contributed by atoms with Crippen molar-refractivity contribution in [3.8, 4) is 0 Å². The number of nitrogens with zero attached hydrogens (tertiary/aromatic N) is 1. The van der Waals surface area contributed by atoms with Crippen molar-refractivity contribution in [2.45, 2.75) is 13.0 Å². The van der Waals surface area contributed by atoms with Crippen molar-refractivity contribution in [3.05, 3.63) is 34.3 Å². The van der Waals surface area contributed by atoms with Crippen LogP contribution < -0.4 is 0 Å². The maximum atomic E-state index is 11.9. The van der Waals surface area contributed by atoms with Gasteiger partial charge in [-0.05, 0) is 24.1 Å². The standard InChI is InChI=1S/C13H14BrNO3/c1-15(7-8-2-4-9(14)5-3-8)12(16)10-6-11(10)13(17)18/h2-5,10-11H,6-7H2,1H3,(H,17,18)/t10-,11+/m1/s1. The summed E-state index contributed by atoms with van der Waals surface area (Å²) in [6.07, 6.45) is 0.471. The van der Waals surface area contributed by atoms with Crippen LogP contribution in [-0.4, -0.2) is 28.9 Å². The van der Waals surface area contributed by atoms with Gasteiger partial charge in [-0.15, -0.1) is 0 Å². The predicted molar refractivity (Wildman–Crippen MR) is 69.8 cm³/mol. The van der Waals surface area contributed by atoms with Crippen LogP contribution in [0.5, 0.6) is 0 Å². The molecule has 0 heterocycles. The van der Waals surface area contributed by atoms with Crippen LogP contribution in [0.4, 0.5) is 0 Å². The summed E-state index contributed by atoms with van der Waals surface area (Å²) in [5.74, 6) is -1.76. The highest BCUT2D eigenvalue weighted by molar-refractivity contribution is 9.10. The van der Waals surface area contributed by atoms with Crippen LogP contribution in [0.1, 0.15) is 12.0 Å². The number of carbonyl (C=O) groups is 2. The van der Waals surface area contributed by atoms with Crippen molar-refractivity contribution in [3.63, 3.8) is 0 Å². The molecule has 4 nitrogen and oxygen atoms in total. The number of carbonyl (C=O) groups excluding carboxylic acids is 1. The van der Waals surface area contributed by atoms with Crippen molar-refractivity contribution in [1.29, 1.82) is 0 Å². The normalized spacial score (nSPS) is 21.4. The first-order valence-corrected chi connectivity index (χ1v) is 6.50. The Balaban J connectivity index is 1.92. The zero-order valence-corrected chi connectivity index (χ0v) is 11.6. The van der Waals surface area contributed by atoms with Gasteiger partial charge in [-0.1, -0.05) is 28.1 Å². The number of amides is 1. The van der Waals surface area contributed by atoms with Crippen LogP contribution >= 0.6 is 15.9 Å². The molecule has 1 aliphatic carbocycles. The fraction of sp³-hybridized carbons (Fsp3) is 0.385. The SMILES string of the molecule is CN(Cc1ccc(Br)cc1)C(=O)[C@@H]1C[C@@H]1C(=O)O. The fourth-order valence-corrected chi connectivity index (χ4v) is 2.23. The van der Waals surface area contributed by atoms with Crippen LogP contribution in [0.25, 0.3) is 0 Å². The van der Waals surface area contributed by atoms with Gasteiger partial charge in [-0.3, -0.25) is 9.59 Å². The second-order valence-electron chi connectivity index (χ2n) is 4.61. The van der Waals surface area contributed by atoms with Gasteiger partial charge in [-0.2, -0.15) is 0 Å². The van der Waals surface area contributed by atoms with E-state index < -0.39 is 11.9 Å². The minimum Gasteiger partial charge on any atom is -0.481 e. The molecule has 18 heavy (non-hydrogen) atoms.